The van der Waals surface area contributed by atoms with Gasteiger partial charge in [-0.25, -0.2) is 4.68 Å². The first-order valence-electron chi connectivity index (χ1n) is 7.05. The summed E-state index contributed by atoms with van der Waals surface area (Å²) in [5.41, 5.74) is 3.92. The number of nitrogens with one attached hydrogen (secondary N) is 1. The van der Waals surface area contributed by atoms with Crippen molar-refractivity contribution in [2.45, 2.75) is 6.42 Å². The number of hydrogen-bond acceptors (Lipinski definition) is 3. The Balaban J connectivity index is 1.91. The summed E-state index contributed by atoms with van der Waals surface area (Å²) in [4.78, 5) is 4.24. The Morgan fingerprint density at radius 1 is 1.09 bits per heavy atom. The molecule has 4 rings (SSSR count). The van der Waals surface area contributed by atoms with E-state index in [9.17, 15) is 0 Å². The molecule has 0 bridgehead atoms. The molecule has 7 heteroatoms. The van der Waals surface area contributed by atoms with Crippen LogP contribution >= 0.6 is 39.1 Å². The van der Waals surface area contributed by atoms with Crippen molar-refractivity contribution in [2.24, 2.45) is 0 Å². The summed E-state index contributed by atoms with van der Waals surface area (Å²) in [5, 5.41) is 9.33. The van der Waals surface area contributed by atoms with Crippen LogP contribution in [0.3, 0.4) is 0 Å². The van der Waals surface area contributed by atoms with E-state index in [1.54, 1.807) is 12.3 Å². The van der Waals surface area contributed by atoms with Gasteiger partial charge >= 0.3 is 0 Å². The van der Waals surface area contributed by atoms with E-state index in [1.165, 1.54) is 5.56 Å². The molecule has 1 aliphatic heterocycles. The van der Waals surface area contributed by atoms with Crippen LogP contribution < -0.4 is 5.32 Å². The molecule has 2 aromatic heterocycles. The average Bonchev–Trinajstić information content (AvgIpc) is 3.07. The first-order valence-corrected chi connectivity index (χ1v) is 8.60. The predicted molar refractivity (Wildman–Crippen MR) is 96.7 cm³/mol. The molecule has 0 spiro atoms. The zero-order chi connectivity index (χ0) is 16.0. The molecule has 0 aliphatic carbocycles. The molecule has 1 aromatic carbocycles. The van der Waals surface area contributed by atoms with E-state index in [2.05, 4.69) is 26.2 Å². The fraction of sp³-hybridized carbons (Fsp3) is 0.125. The summed E-state index contributed by atoms with van der Waals surface area (Å²) >= 11 is 15.7. The molecular weight excluding hydrogens is 399 g/mol. The highest BCUT2D eigenvalue weighted by atomic mass is 79.9. The summed E-state index contributed by atoms with van der Waals surface area (Å²) in [6, 6.07) is 7.43. The predicted octanol–water partition coefficient (Wildman–Crippen LogP) is 4.97. The number of halogens is 3. The normalized spacial score (nSPS) is 13.0. The lowest BCUT2D eigenvalue weighted by Gasteiger charge is -2.07. The second kappa shape index (κ2) is 5.82. The molecule has 0 saturated carbocycles. The number of nitrogens with zero attached hydrogens (tertiary/aromatic N) is 3. The van der Waals surface area contributed by atoms with Crippen molar-refractivity contribution in [1.82, 2.24) is 14.8 Å². The minimum Gasteiger partial charge on any atom is -0.369 e. The highest BCUT2D eigenvalue weighted by molar-refractivity contribution is 9.10. The average molecular weight is 410 g/mol. The molecular formula is C16H11BrCl2N4. The molecule has 0 unspecified atom stereocenters. The van der Waals surface area contributed by atoms with Crippen molar-refractivity contribution in [3.63, 3.8) is 0 Å². The lowest BCUT2D eigenvalue weighted by atomic mass is 10.1. The summed E-state index contributed by atoms with van der Waals surface area (Å²) in [7, 11) is 0. The first kappa shape index (κ1) is 15.0. The van der Waals surface area contributed by atoms with E-state index >= 15 is 0 Å². The maximum Gasteiger partial charge on any atom is 0.133 e. The van der Waals surface area contributed by atoms with Crippen LogP contribution in [-0.2, 0) is 6.42 Å². The zero-order valence-electron chi connectivity index (χ0n) is 11.9. The summed E-state index contributed by atoms with van der Waals surface area (Å²) < 4.78 is 2.78. The van der Waals surface area contributed by atoms with E-state index in [0.29, 0.717) is 10.0 Å². The van der Waals surface area contributed by atoms with Crippen molar-refractivity contribution >= 4 is 44.9 Å². The van der Waals surface area contributed by atoms with Gasteiger partial charge in [0.25, 0.3) is 0 Å². The Morgan fingerprint density at radius 2 is 1.87 bits per heavy atom. The van der Waals surface area contributed by atoms with Gasteiger partial charge in [0.05, 0.1) is 11.4 Å². The SMILES string of the molecule is Clc1cc(Cl)cc(-n2nc(-c3cncc(Br)c3)c3c2NCC3)c1. The van der Waals surface area contributed by atoms with E-state index in [1.807, 2.05) is 29.1 Å². The molecule has 3 aromatic rings. The number of anilines is 1. The fourth-order valence-electron chi connectivity index (χ4n) is 2.80. The molecule has 4 nitrogen and oxygen atoms in total. The minimum atomic E-state index is 0.584. The Morgan fingerprint density at radius 3 is 2.61 bits per heavy atom. The van der Waals surface area contributed by atoms with Gasteiger partial charge in [-0.3, -0.25) is 4.98 Å². The number of fused-ring (bicyclic) bond motifs is 1. The standard InChI is InChI=1S/C16H11BrCl2N4/c17-10-3-9(7-20-8-10)15-14-1-2-21-16(14)23(22-15)13-5-11(18)4-12(19)6-13/h3-8,21H,1-2H2. The second-order valence-corrected chi connectivity index (χ2v) is 7.07. The third kappa shape index (κ3) is 2.73. The third-order valence-electron chi connectivity index (χ3n) is 3.72. The lowest BCUT2D eigenvalue weighted by molar-refractivity contribution is 0.882. The van der Waals surface area contributed by atoms with Gasteiger partial charge in [0.2, 0.25) is 0 Å². The third-order valence-corrected chi connectivity index (χ3v) is 4.59. The number of hydrogen-bond donors (Lipinski definition) is 1. The van der Waals surface area contributed by atoms with Crippen LogP contribution in [0.15, 0.2) is 41.1 Å². The molecule has 3 heterocycles. The van der Waals surface area contributed by atoms with Gasteiger partial charge in [0.15, 0.2) is 0 Å². The quantitative estimate of drug-likeness (QED) is 0.649. The van der Waals surface area contributed by atoms with Gasteiger partial charge in [-0.1, -0.05) is 23.2 Å². The monoisotopic (exact) mass is 408 g/mol. The van der Waals surface area contributed by atoms with Gasteiger partial charge in [0.1, 0.15) is 5.82 Å². The molecule has 0 atom stereocenters. The Bertz CT molecular complexity index is 887. The number of aromatic nitrogens is 3. The van der Waals surface area contributed by atoms with Crippen LogP contribution in [0, 0.1) is 0 Å². The summed E-state index contributed by atoms with van der Waals surface area (Å²) in [6.45, 7) is 0.885. The number of pyridine rings is 1. The molecule has 0 fully saturated rings. The molecule has 1 N–H and O–H groups in total. The first-order chi connectivity index (χ1) is 11.1. The molecule has 0 radical (unpaired) electrons. The van der Waals surface area contributed by atoms with Crippen LogP contribution in [0.5, 0.6) is 0 Å². The second-order valence-electron chi connectivity index (χ2n) is 5.28. The summed E-state index contributed by atoms with van der Waals surface area (Å²) in [6.07, 6.45) is 4.50. The maximum absolute atomic E-state index is 6.13. The Labute approximate surface area is 151 Å². The highest BCUT2D eigenvalue weighted by Crippen LogP contribution is 2.35. The van der Waals surface area contributed by atoms with Crippen molar-refractivity contribution in [2.75, 3.05) is 11.9 Å². The Kier molecular flexibility index (Phi) is 3.79. The molecule has 1 aliphatic rings. The van der Waals surface area contributed by atoms with E-state index < -0.39 is 0 Å². The van der Waals surface area contributed by atoms with Gasteiger partial charge in [-0.05, 0) is 46.6 Å². The van der Waals surface area contributed by atoms with Crippen LogP contribution in [0.1, 0.15) is 5.56 Å². The molecule has 0 amide bonds. The Hall–Kier alpha value is -1.56. The topological polar surface area (TPSA) is 42.7 Å². The van der Waals surface area contributed by atoms with Gasteiger partial charge in [-0.15, -0.1) is 0 Å². The van der Waals surface area contributed by atoms with Gasteiger partial charge in [-0.2, -0.15) is 5.10 Å². The van der Waals surface area contributed by atoms with Crippen molar-refractivity contribution < 1.29 is 0 Å². The smallest absolute Gasteiger partial charge is 0.133 e. The van der Waals surface area contributed by atoms with E-state index in [0.717, 1.165) is 40.2 Å². The van der Waals surface area contributed by atoms with E-state index in [4.69, 9.17) is 28.3 Å². The minimum absolute atomic E-state index is 0.584. The molecule has 0 saturated heterocycles. The van der Waals surface area contributed by atoms with Crippen molar-refractivity contribution in [3.05, 3.63) is 56.7 Å². The summed E-state index contributed by atoms with van der Waals surface area (Å²) in [5.74, 6) is 0.985. The van der Waals surface area contributed by atoms with E-state index in [-0.39, 0.29) is 0 Å². The fourth-order valence-corrected chi connectivity index (χ4v) is 3.68. The molecule has 23 heavy (non-hydrogen) atoms. The van der Waals surface area contributed by atoms with Crippen LogP contribution in [0.4, 0.5) is 5.82 Å². The lowest BCUT2D eigenvalue weighted by Crippen LogP contribution is -2.04. The number of rotatable bonds is 2. The van der Waals surface area contributed by atoms with Crippen molar-refractivity contribution in [1.29, 1.82) is 0 Å². The van der Waals surface area contributed by atoms with Gasteiger partial charge in [0, 0.05) is 44.6 Å². The largest absolute Gasteiger partial charge is 0.369 e. The maximum atomic E-state index is 6.13. The van der Waals surface area contributed by atoms with Crippen LogP contribution in [0.2, 0.25) is 10.0 Å². The highest BCUT2D eigenvalue weighted by Gasteiger charge is 2.24. The van der Waals surface area contributed by atoms with Crippen LogP contribution in [0.25, 0.3) is 16.9 Å². The zero-order valence-corrected chi connectivity index (χ0v) is 15.0. The van der Waals surface area contributed by atoms with Crippen molar-refractivity contribution in [3.8, 4) is 16.9 Å². The molecule has 116 valence electrons. The van der Waals surface area contributed by atoms with Gasteiger partial charge < -0.3 is 5.32 Å². The number of benzene rings is 1. The van der Waals surface area contributed by atoms with Crippen LogP contribution in [-0.4, -0.2) is 21.3 Å².